The number of halogens is 3. The molecule has 3 N–H and O–H groups in total. The minimum atomic E-state index is -1.74. The number of ketones is 1. The maximum atomic E-state index is 13.4. The van der Waals surface area contributed by atoms with Gasteiger partial charge in [0.25, 0.3) is 5.91 Å². The van der Waals surface area contributed by atoms with E-state index in [1.165, 1.54) is 19.2 Å². The van der Waals surface area contributed by atoms with Crippen LogP contribution in [-0.2, 0) is 14.3 Å². The lowest BCUT2D eigenvalue weighted by atomic mass is 10.2. The summed E-state index contributed by atoms with van der Waals surface area (Å²) >= 11 is 0. The van der Waals surface area contributed by atoms with Crippen molar-refractivity contribution < 1.29 is 37.1 Å². The molecule has 11 heteroatoms. The van der Waals surface area contributed by atoms with Gasteiger partial charge in [0.1, 0.15) is 5.69 Å². The molecular weight excluding hydrogens is 383 g/mol. The fourth-order valence-electron chi connectivity index (χ4n) is 1.97. The molecule has 1 aromatic carbocycles. The van der Waals surface area contributed by atoms with Gasteiger partial charge in [-0.2, -0.15) is 0 Å². The van der Waals surface area contributed by atoms with Gasteiger partial charge in [-0.25, -0.2) is 18.0 Å². The highest BCUT2D eigenvalue weighted by Gasteiger charge is 2.17. The molecule has 148 valence electrons. The Morgan fingerprint density at radius 1 is 1.07 bits per heavy atom. The molecule has 2 rings (SSSR count). The number of hydrogen-bond acceptors (Lipinski definition) is 5. The zero-order valence-electron chi connectivity index (χ0n) is 14.4. The zero-order valence-corrected chi connectivity index (χ0v) is 14.4. The predicted octanol–water partition coefficient (Wildman–Crippen LogP) is 1.55. The van der Waals surface area contributed by atoms with Crippen LogP contribution in [-0.4, -0.2) is 41.7 Å². The number of ether oxygens (including phenoxy) is 1. The van der Waals surface area contributed by atoms with Gasteiger partial charge in [0.05, 0.1) is 12.2 Å². The van der Waals surface area contributed by atoms with E-state index in [1.54, 1.807) is 0 Å². The number of Topliss-reactive ketones (excluding diaryl/α,β-unsaturated/α-hetero) is 1. The van der Waals surface area contributed by atoms with Gasteiger partial charge in [-0.3, -0.25) is 14.4 Å². The van der Waals surface area contributed by atoms with Gasteiger partial charge < -0.3 is 20.4 Å². The Bertz CT molecular complexity index is 942. The number of carbonyl (C=O) groups is 4. The molecule has 0 fully saturated rings. The third kappa shape index (κ3) is 5.19. The first-order valence-corrected chi connectivity index (χ1v) is 7.75. The molecule has 0 bridgehead atoms. The van der Waals surface area contributed by atoms with E-state index in [0.717, 1.165) is 6.07 Å². The molecule has 0 atom stereocenters. The lowest BCUT2D eigenvalue weighted by Gasteiger charge is -2.08. The van der Waals surface area contributed by atoms with E-state index in [1.807, 2.05) is 5.32 Å². The van der Waals surface area contributed by atoms with Crippen molar-refractivity contribution in [3.05, 3.63) is 53.1 Å². The molecule has 1 aromatic heterocycles. The quantitative estimate of drug-likeness (QED) is 0.372. The second-order valence-corrected chi connectivity index (χ2v) is 5.48. The summed E-state index contributed by atoms with van der Waals surface area (Å²) in [4.78, 5) is 48.6. The van der Waals surface area contributed by atoms with Crippen molar-refractivity contribution in [1.29, 1.82) is 0 Å². The molecule has 8 nitrogen and oxygen atoms in total. The first-order chi connectivity index (χ1) is 13.2. The van der Waals surface area contributed by atoms with Crippen molar-refractivity contribution in [2.45, 2.75) is 6.92 Å². The average Bonchev–Trinajstić information content (AvgIpc) is 3.15. The first-order valence-electron chi connectivity index (χ1n) is 7.75. The Kier molecular flexibility index (Phi) is 6.53. The molecule has 28 heavy (non-hydrogen) atoms. The zero-order chi connectivity index (χ0) is 20.8. The summed E-state index contributed by atoms with van der Waals surface area (Å²) < 4.78 is 44.0. The fourth-order valence-corrected chi connectivity index (χ4v) is 1.97. The third-order valence-corrected chi connectivity index (χ3v) is 3.40. The monoisotopic (exact) mass is 397 g/mol. The first kappa shape index (κ1) is 20.7. The highest BCUT2D eigenvalue weighted by atomic mass is 19.2. The number of aromatic amines is 1. The predicted molar refractivity (Wildman–Crippen MR) is 89.0 cm³/mol. The molecule has 0 saturated heterocycles. The van der Waals surface area contributed by atoms with Gasteiger partial charge in [-0.05, 0) is 25.1 Å². The summed E-state index contributed by atoms with van der Waals surface area (Å²) in [5, 5.41) is 4.05. The summed E-state index contributed by atoms with van der Waals surface area (Å²) in [6, 6.07) is 2.71. The molecule has 0 unspecified atom stereocenters. The summed E-state index contributed by atoms with van der Waals surface area (Å²) in [6.45, 7) is -0.0468. The standard InChI is InChI=1S/C17H14F3N3O5/c1-8(24)9-4-12(21-5-9)17(27)28-7-14(26)22-6-13(25)23-11-3-2-10(18)15(19)16(11)20/h2-5,21H,6-7H2,1H3,(H,22,26)(H,23,25). The minimum Gasteiger partial charge on any atom is -0.451 e. The van der Waals surface area contributed by atoms with Gasteiger partial charge in [0.2, 0.25) is 5.91 Å². The molecular formula is C17H14F3N3O5. The van der Waals surface area contributed by atoms with Crippen molar-refractivity contribution >= 4 is 29.3 Å². The van der Waals surface area contributed by atoms with Crippen molar-refractivity contribution in [1.82, 2.24) is 10.3 Å². The molecule has 0 aliphatic heterocycles. The van der Waals surface area contributed by atoms with E-state index in [4.69, 9.17) is 4.74 Å². The molecule has 0 radical (unpaired) electrons. The number of H-pyrrole nitrogens is 1. The molecule has 1 heterocycles. The average molecular weight is 397 g/mol. The Morgan fingerprint density at radius 2 is 1.79 bits per heavy atom. The van der Waals surface area contributed by atoms with Crippen molar-refractivity contribution in [3.63, 3.8) is 0 Å². The molecule has 0 saturated carbocycles. The Morgan fingerprint density at radius 3 is 2.43 bits per heavy atom. The van der Waals surface area contributed by atoms with E-state index < -0.39 is 54.1 Å². The minimum absolute atomic E-state index is 0.0374. The van der Waals surface area contributed by atoms with Crippen molar-refractivity contribution in [3.8, 4) is 0 Å². The second kappa shape index (κ2) is 8.84. The van der Waals surface area contributed by atoms with Gasteiger partial charge in [-0.1, -0.05) is 0 Å². The molecule has 2 amide bonds. The summed E-state index contributed by atoms with van der Waals surface area (Å²) in [6.07, 6.45) is 1.31. The number of amides is 2. The maximum absolute atomic E-state index is 13.4. The highest BCUT2D eigenvalue weighted by molar-refractivity contribution is 5.98. The van der Waals surface area contributed by atoms with Crippen LogP contribution >= 0.6 is 0 Å². The Balaban J connectivity index is 1.78. The number of benzene rings is 1. The van der Waals surface area contributed by atoms with E-state index in [2.05, 4.69) is 10.3 Å². The SMILES string of the molecule is CC(=O)c1c[nH]c(C(=O)OCC(=O)NCC(=O)Nc2ccc(F)c(F)c2F)c1. The van der Waals surface area contributed by atoms with Crippen LogP contribution < -0.4 is 10.6 Å². The maximum Gasteiger partial charge on any atom is 0.355 e. The largest absolute Gasteiger partial charge is 0.451 e. The van der Waals surface area contributed by atoms with Crippen LogP contribution in [0, 0.1) is 17.5 Å². The van der Waals surface area contributed by atoms with Crippen molar-refractivity contribution in [2.75, 3.05) is 18.5 Å². The van der Waals surface area contributed by atoms with Gasteiger partial charge >= 0.3 is 5.97 Å². The smallest absolute Gasteiger partial charge is 0.355 e. The van der Waals surface area contributed by atoms with Crippen LogP contribution in [0.25, 0.3) is 0 Å². The molecule has 0 aliphatic rings. The van der Waals surface area contributed by atoms with E-state index in [-0.39, 0.29) is 17.0 Å². The number of carbonyl (C=O) groups excluding carboxylic acids is 4. The summed E-state index contributed by atoms with van der Waals surface area (Å²) in [7, 11) is 0. The number of esters is 1. The molecule has 0 aliphatic carbocycles. The normalized spacial score (nSPS) is 10.3. The molecule has 2 aromatic rings. The van der Waals surface area contributed by atoms with Gasteiger partial charge in [0.15, 0.2) is 29.8 Å². The number of hydrogen-bond donors (Lipinski definition) is 3. The lowest BCUT2D eigenvalue weighted by Crippen LogP contribution is -2.35. The van der Waals surface area contributed by atoms with Crippen LogP contribution in [0.15, 0.2) is 24.4 Å². The van der Waals surface area contributed by atoms with Crippen LogP contribution in [0.5, 0.6) is 0 Å². The van der Waals surface area contributed by atoms with E-state index >= 15 is 0 Å². The van der Waals surface area contributed by atoms with E-state index in [9.17, 15) is 32.3 Å². The molecule has 0 spiro atoms. The topological polar surface area (TPSA) is 117 Å². The number of anilines is 1. The fraction of sp³-hybridized carbons (Fsp3) is 0.176. The van der Waals surface area contributed by atoms with Crippen molar-refractivity contribution in [2.24, 2.45) is 0 Å². The Labute approximate surface area is 156 Å². The number of rotatable bonds is 7. The van der Waals surface area contributed by atoms with Gasteiger partial charge in [0, 0.05) is 11.8 Å². The van der Waals surface area contributed by atoms with Crippen LogP contribution in [0.1, 0.15) is 27.8 Å². The van der Waals surface area contributed by atoms with Gasteiger partial charge in [-0.15, -0.1) is 0 Å². The lowest BCUT2D eigenvalue weighted by molar-refractivity contribution is -0.126. The summed E-state index contributed by atoms with van der Waals surface area (Å²) in [5.41, 5.74) is -0.375. The van der Waals surface area contributed by atoms with E-state index in [0.29, 0.717) is 6.07 Å². The number of aromatic nitrogens is 1. The van der Waals surface area contributed by atoms with Crippen LogP contribution in [0.4, 0.5) is 18.9 Å². The second-order valence-electron chi connectivity index (χ2n) is 5.48. The number of nitrogens with one attached hydrogen (secondary N) is 3. The van der Waals surface area contributed by atoms with Crippen LogP contribution in [0.2, 0.25) is 0 Å². The van der Waals surface area contributed by atoms with Crippen LogP contribution in [0.3, 0.4) is 0 Å². The summed E-state index contributed by atoms with van der Waals surface area (Å²) in [5.74, 6) is -7.65. The third-order valence-electron chi connectivity index (χ3n) is 3.40. The Hall–Kier alpha value is -3.63. The highest BCUT2D eigenvalue weighted by Crippen LogP contribution is 2.19.